The van der Waals surface area contributed by atoms with Crippen molar-refractivity contribution in [1.82, 2.24) is 0 Å². The van der Waals surface area contributed by atoms with Crippen LogP contribution in [0.25, 0.3) is 0 Å². The van der Waals surface area contributed by atoms with Crippen LogP contribution >= 0.6 is 8.25 Å². The van der Waals surface area contributed by atoms with E-state index >= 15 is 0 Å². The van der Waals surface area contributed by atoms with Gasteiger partial charge in [-0.15, -0.1) is 9.35 Å². The smallest absolute Gasteiger partial charge is 0.259 e. The van der Waals surface area contributed by atoms with E-state index in [0.717, 1.165) is 0 Å². The molecule has 50 valence electrons. The first-order valence-electron chi connectivity index (χ1n) is 1.76. The summed E-state index contributed by atoms with van der Waals surface area (Å²) in [5.41, 5.74) is 0. The summed E-state index contributed by atoms with van der Waals surface area (Å²) < 4.78 is 18.1. The van der Waals surface area contributed by atoms with E-state index in [-0.39, 0.29) is 0 Å². The van der Waals surface area contributed by atoms with Gasteiger partial charge in [-0.25, -0.2) is 9.78 Å². The van der Waals surface area contributed by atoms with Crippen molar-refractivity contribution in [2.45, 2.75) is 0 Å². The fraction of sp³-hybridized carbons (Fsp3) is 1.00. The van der Waals surface area contributed by atoms with Crippen LogP contribution < -0.4 is 0 Å². The Morgan fingerprint density at radius 3 is 1.75 bits per heavy atom. The molecule has 0 fully saturated rings. The topological polar surface area (TPSA) is 54.0 Å². The molecule has 0 saturated heterocycles. The minimum absolute atomic E-state index is 1.22. The van der Waals surface area contributed by atoms with Crippen LogP contribution in [0, 0.1) is 0 Å². The van der Waals surface area contributed by atoms with Crippen molar-refractivity contribution < 1.29 is 23.7 Å². The zero-order valence-electron chi connectivity index (χ0n) is 4.54. The Bertz CT molecular complexity index is 64.8. The van der Waals surface area contributed by atoms with Crippen LogP contribution in [0.1, 0.15) is 0 Å². The Morgan fingerprint density at radius 1 is 1.12 bits per heavy atom. The zero-order valence-corrected chi connectivity index (χ0v) is 5.54. The molecule has 5 nitrogen and oxygen atoms in total. The van der Waals surface area contributed by atoms with E-state index < -0.39 is 8.25 Å². The molecule has 0 N–H and O–H groups in total. The van der Waals surface area contributed by atoms with Gasteiger partial charge in [0.2, 0.25) is 0 Å². The molecule has 0 aromatic heterocycles. The summed E-state index contributed by atoms with van der Waals surface area (Å²) in [4.78, 5) is 7.97. The number of hydrogen-bond acceptors (Lipinski definition) is 5. The largest absolute Gasteiger partial charge is 0.373 e. The van der Waals surface area contributed by atoms with Crippen molar-refractivity contribution in [3.63, 3.8) is 0 Å². The van der Waals surface area contributed by atoms with Crippen molar-refractivity contribution in [1.29, 1.82) is 0 Å². The van der Waals surface area contributed by atoms with Gasteiger partial charge in [0.25, 0.3) is 0 Å². The molecule has 0 amide bonds. The van der Waals surface area contributed by atoms with Crippen molar-refractivity contribution in [3.8, 4) is 0 Å². The monoisotopic (exact) mass is 142 g/mol. The van der Waals surface area contributed by atoms with E-state index in [1.54, 1.807) is 0 Å². The maximum absolute atomic E-state index is 10.1. The molecule has 0 aliphatic carbocycles. The minimum atomic E-state index is -2.59. The van der Waals surface area contributed by atoms with Crippen molar-refractivity contribution in [3.05, 3.63) is 0 Å². The second-order valence-corrected chi connectivity index (χ2v) is 1.58. The van der Waals surface area contributed by atoms with E-state index in [9.17, 15) is 4.57 Å². The molecule has 0 aromatic carbocycles. The first kappa shape index (κ1) is 8.07. The van der Waals surface area contributed by atoms with Gasteiger partial charge in [0, 0.05) is 0 Å². The predicted octanol–water partition coefficient (Wildman–Crippen LogP) is 0.532. The van der Waals surface area contributed by atoms with Crippen LogP contribution in [-0.4, -0.2) is 14.2 Å². The predicted molar refractivity (Wildman–Crippen MR) is 25.2 cm³/mol. The van der Waals surface area contributed by atoms with Gasteiger partial charge >= 0.3 is 8.25 Å². The summed E-state index contributed by atoms with van der Waals surface area (Å²) in [5, 5.41) is 0. The number of hydrogen-bond donors (Lipinski definition) is 0. The maximum atomic E-state index is 10.1. The normalized spacial score (nSPS) is 10.4. The Labute approximate surface area is 47.3 Å². The molecule has 0 bridgehead atoms. The third kappa shape index (κ3) is 4.23. The molecule has 0 heterocycles. The molecule has 0 aliphatic heterocycles. The molecule has 0 atom stereocenters. The van der Waals surface area contributed by atoms with Crippen LogP contribution in [0.4, 0.5) is 0 Å². The molecule has 0 aliphatic rings. The lowest BCUT2D eigenvalue weighted by Crippen LogP contribution is -1.81. The highest BCUT2D eigenvalue weighted by molar-refractivity contribution is 7.32. The van der Waals surface area contributed by atoms with Crippen LogP contribution in [0.3, 0.4) is 0 Å². The fourth-order valence-electron chi connectivity index (χ4n) is 0.150. The Hall–Kier alpha value is 0.0700. The summed E-state index contributed by atoms with van der Waals surface area (Å²) in [6.45, 7) is 0. The molecule has 0 radical (unpaired) electrons. The van der Waals surface area contributed by atoms with Gasteiger partial charge in [-0.2, -0.15) is 0 Å². The highest BCUT2D eigenvalue weighted by atomic mass is 31.1. The van der Waals surface area contributed by atoms with E-state index in [4.69, 9.17) is 0 Å². The molecular weight excluding hydrogens is 135 g/mol. The van der Waals surface area contributed by atoms with E-state index in [0.29, 0.717) is 0 Å². The van der Waals surface area contributed by atoms with Gasteiger partial charge in [-0.05, 0) is 0 Å². The molecule has 0 unspecified atom stereocenters. The second-order valence-electron chi connectivity index (χ2n) is 0.750. The van der Waals surface area contributed by atoms with Gasteiger partial charge in [-0.3, -0.25) is 4.57 Å². The lowest BCUT2D eigenvalue weighted by Gasteiger charge is -1.95. The zero-order chi connectivity index (χ0) is 6.41. The third-order valence-electron chi connectivity index (χ3n) is 0.303. The highest BCUT2D eigenvalue weighted by Crippen LogP contribution is 2.22. The Balaban J connectivity index is 3.06. The molecule has 0 saturated carbocycles. The standard InChI is InChI=1S/C2H7O5P/c1-4-6-8(3)7-5-2/h8H,1-2H3. The van der Waals surface area contributed by atoms with Gasteiger partial charge in [-0.1, -0.05) is 0 Å². The molecule has 0 rings (SSSR count). The molecule has 0 spiro atoms. The van der Waals surface area contributed by atoms with Crippen molar-refractivity contribution in [2.24, 2.45) is 0 Å². The first-order valence-corrected chi connectivity index (χ1v) is 2.99. The highest BCUT2D eigenvalue weighted by Gasteiger charge is 1.95. The van der Waals surface area contributed by atoms with Crippen molar-refractivity contribution in [2.75, 3.05) is 14.2 Å². The van der Waals surface area contributed by atoms with E-state index in [1.807, 2.05) is 0 Å². The summed E-state index contributed by atoms with van der Waals surface area (Å²) in [6, 6.07) is 0. The Morgan fingerprint density at radius 2 is 1.50 bits per heavy atom. The third-order valence-corrected chi connectivity index (χ3v) is 0.908. The van der Waals surface area contributed by atoms with Crippen molar-refractivity contribution >= 4 is 8.25 Å². The second kappa shape index (κ2) is 5.21. The molecular formula is C2H7O5P. The molecule has 6 heteroatoms. The molecule has 8 heavy (non-hydrogen) atoms. The first-order chi connectivity index (χ1) is 3.81. The van der Waals surface area contributed by atoms with Crippen LogP contribution in [0.15, 0.2) is 0 Å². The fourth-order valence-corrected chi connectivity index (χ4v) is 0.450. The van der Waals surface area contributed by atoms with Gasteiger partial charge < -0.3 is 0 Å². The van der Waals surface area contributed by atoms with Gasteiger partial charge in [0.15, 0.2) is 0 Å². The van der Waals surface area contributed by atoms with E-state index in [2.05, 4.69) is 19.1 Å². The van der Waals surface area contributed by atoms with Gasteiger partial charge in [0.05, 0.1) is 14.2 Å². The minimum Gasteiger partial charge on any atom is -0.259 e. The average molecular weight is 142 g/mol. The summed E-state index contributed by atoms with van der Waals surface area (Å²) in [7, 11) is -0.138. The average Bonchev–Trinajstić information content (AvgIpc) is 1.68. The van der Waals surface area contributed by atoms with E-state index in [1.165, 1.54) is 14.2 Å². The lowest BCUT2D eigenvalue weighted by molar-refractivity contribution is -0.233. The maximum Gasteiger partial charge on any atom is 0.373 e. The van der Waals surface area contributed by atoms with Crippen LogP contribution in [0.5, 0.6) is 0 Å². The SMILES string of the molecule is COO[PH](=O)OOC. The number of rotatable bonds is 4. The van der Waals surface area contributed by atoms with Gasteiger partial charge in [0.1, 0.15) is 0 Å². The molecule has 0 aromatic rings. The summed E-state index contributed by atoms with van der Waals surface area (Å²) in [5.74, 6) is 0. The summed E-state index contributed by atoms with van der Waals surface area (Å²) >= 11 is 0. The lowest BCUT2D eigenvalue weighted by atomic mass is 11.8. The quantitative estimate of drug-likeness (QED) is 0.325. The van der Waals surface area contributed by atoms with Crippen LogP contribution in [0.2, 0.25) is 0 Å². The van der Waals surface area contributed by atoms with Crippen LogP contribution in [-0.2, 0) is 23.7 Å². The Kier molecular flexibility index (Phi) is 5.26. The summed E-state index contributed by atoms with van der Waals surface area (Å²) in [6.07, 6.45) is 0.